The van der Waals surface area contributed by atoms with E-state index in [2.05, 4.69) is 26.0 Å². The molecule has 0 bridgehead atoms. The molecule has 0 aliphatic carbocycles. The van der Waals surface area contributed by atoms with Crippen molar-refractivity contribution in [2.45, 2.75) is 11.0 Å². The van der Waals surface area contributed by atoms with Gasteiger partial charge in [-0.2, -0.15) is 18.3 Å². The summed E-state index contributed by atoms with van der Waals surface area (Å²) in [6.07, 6.45) is -1.66. The minimum absolute atomic E-state index is 0.0413. The topological polar surface area (TPSA) is 42.7 Å². The van der Waals surface area contributed by atoms with Gasteiger partial charge in [0, 0.05) is 39.2 Å². The molecule has 2 rings (SSSR count). The zero-order valence-electron chi connectivity index (χ0n) is 11.4. The standard InChI is InChI=1S/C12H14BrF3N4O/c1-19(6-8(13)7-21-2)11-9-5-10(12(14,15)16)18-20(9)4-3-17-11/h3-5,8H,6-7H2,1-2H3. The fourth-order valence-corrected chi connectivity index (χ4v) is 2.66. The summed E-state index contributed by atoms with van der Waals surface area (Å²) in [6, 6.07) is 0.998. The van der Waals surface area contributed by atoms with Crippen molar-refractivity contribution in [1.82, 2.24) is 14.6 Å². The van der Waals surface area contributed by atoms with Crippen LogP contribution in [0.3, 0.4) is 0 Å². The molecule has 0 saturated carbocycles. The van der Waals surface area contributed by atoms with Gasteiger partial charge in [0.1, 0.15) is 5.52 Å². The highest BCUT2D eigenvalue weighted by molar-refractivity contribution is 9.09. The first-order chi connectivity index (χ1) is 9.82. The highest BCUT2D eigenvalue weighted by atomic mass is 79.9. The Morgan fingerprint density at radius 3 is 2.81 bits per heavy atom. The smallest absolute Gasteiger partial charge is 0.383 e. The molecule has 0 saturated heterocycles. The number of halogens is 4. The number of aromatic nitrogens is 3. The van der Waals surface area contributed by atoms with E-state index in [0.717, 1.165) is 6.07 Å². The van der Waals surface area contributed by atoms with E-state index in [0.29, 0.717) is 24.5 Å². The Labute approximate surface area is 127 Å². The number of rotatable bonds is 5. The number of methoxy groups -OCH3 is 1. The van der Waals surface area contributed by atoms with Gasteiger partial charge in [0.15, 0.2) is 11.5 Å². The molecule has 0 aromatic carbocycles. The molecule has 5 nitrogen and oxygen atoms in total. The lowest BCUT2D eigenvalue weighted by Gasteiger charge is -2.21. The van der Waals surface area contributed by atoms with Crippen molar-refractivity contribution in [2.24, 2.45) is 0 Å². The maximum Gasteiger partial charge on any atom is 0.435 e. The maximum atomic E-state index is 12.7. The molecule has 2 heterocycles. The average Bonchev–Trinajstić information content (AvgIpc) is 2.82. The van der Waals surface area contributed by atoms with Crippen LogP contribution < -0.4 is 4.90 Å². The minimum Gasteiger partial charge on any atom is -0.383 e. The largest absolute Gasteiger partial charge is 0.435 e. The van der Waals surface area contributed by atoms with Crippen LogP contribution in [0.4, 0.5) is 19.0 Å². The lowest BCUT2D eigenvalue weighted by molar-refractivity contribution is -0.141. The lowest BCUT2D eigenvalue weighted by Crippen LogP contribution is -2.29. The summed E-state index contributed by atoms with van der Waals surface area (Å²) in [5, 5.41) is 3.53. The third kappa shape index (κ3) is 3.65. The van der Waals surface area contributed by atoms with Crippen LogP contribution in [0.5, 0.6) is 0 Å². The van der Waals surface area contributed by atoms with Crippen LogP contribution in [0.25, 0.3) is 5.52 Å². The second kappa shape index (κ2) is 6.18. The number of hydrogen-bond acceptors (Lipinski definition) is 4. The Hall–Kier alpha value is -1.35. The molecule has 1 unspecified atom stereocenters. The molecule has 2 aromatic rings. The van der Waals surface area contributed by atoms with Gasteiger partial charge in [-0.25, -0.2) is 9.50 Å². The van der Waals surface area contributed by atoms with Gasteiger partial charge >= 0.3 is 6.18 Å². The van der Waals surface area contributed by atoms with Crippen molar-refractivity contribution < 1.29 is 17.9 Å². The van der Waals surface area contributed by atoms with Gasteiger partial charge in [-0.1, -0.05) is 15.9 Å². The van der Waals surface area contributed by atoms with Crippen molar-refractivity contribution in [3.05, 3.63) is 24.2 Å². The Morgan fingerprint density at radius 1 is 1.48 bits per heavy atom. The number of nitrogens with zero attached hydrogens (tertiary/aromatic N) is 4. The van der Waals surface area contributed by atoms with Gasteiger partial charge in [-0.05, 0) is 0 Å². The van der Waals surface area contributed by atoms with Crippen molar-refractivity contribution in [3.8, 4) is 0 Å². The summed E-state index contributed by atoms with van der Waals surface area (Å²) in [5.41, 5.74) is -0.623. The number of hydrogen-bond donors (Lipinski definition) is 0. The van der Waals surface area contributed by atoms with Gasteiger partial charge in [0.2, 0.25) is 0 Å². The first-order valence-electron chi connectivity index (χ1n) is 6.08. The van der Waals surface area contributed by atoms with E-state index in [1.807, 2.05) is 0 Å². The minimum atomic E-state index is -4.48. The highest BCUT2D eigenvalue weighted by Crippen LogP contribution is 2.30. The van der Waals surface area contributed by atoms with E-state index < -0.39 is 11.9 Å². The lowest BCUT2D eigenvalue weighted by atomic mass is 10.3. The highest BCUT2D eigenvalue weighted by Gasteiger charge is 2.34. The molecule has 2 aromatic heterocycles. The van der Waals surface area contributed by atoms with Crippen LogP contribution in [-0.2, 0) is 10.9 Å². The van der Waals surface area contributed by atoms with Gasteiger partial charge in [-0.15, -0.1) is 0 Å². The zero-order chi connectivity index (χ0) is 15.6. The number of alkyl halides is 4. The molecule has 0 aliphatic heterocycles. The van der Waals surface area contributed by atoms with E-state index in [1.54, 1.807) is 19.1 Å². The van der Waals surface area contributed by atoms with Gasteiger partial charge in [0.25, 0.3) is 0 Å². The normalized spacial score (nSPS) is 13.6. The molecule has 0 spiro atoms. The molecule has 0 N–H and O–H groups in total. The third-order valence-corrected chi connectivity index (χ3v) is 3.39. The Balaban J connectivity index is 2.33. The van der Waals surface area contributed by atoms with Crippen LogP contribution in [0, 0.1) is 0 Å². The summed E-state index contributed by atoms with van der Waals surface area (Å²) < 4.78 is 44.4. The molecule has 0 amide bonds. The van der Waals surface area contributed by atoms with Crippen molar-refractivity contribution in [1.29, 1.82) is 0 Å². The summed E-state index contributed by atoms with van der Waals surface area (Å²) in [7, 11) is 3.34. The van der Waals surface area contributed by atoms with E-state index in [1.165, 1.54) is 16.9 Å². The number of fused-ring (bicyclic) bond motifs is 1. The maximum absolute atomic E-state index is 12.7. The average molecular weight is 367 g/mol. The van der Waals surface area contributed by atoms with Crippen molar-refractivity contribution >= 4 is 27.3 Å². The summed E-state index contributed by atoms with van der Waals surface area (Å²) in [4.78, 5) is 5.95. The Morgan fingerprint density at radius 2 is 2.19 bits per heavy atom. The summed E-state index contributed by atoms with van der Waals surface area (Å²) in [5.74, 6) is 0.432. The fourth-order valence-electron chi connectivity index (χ4n) is 1.96. The molecular weight excluding hydrogens is 353 g/mol. The molecule has 0 radical (unpaired) electrons. The Kier molecular flexibility index (Phi) is 4.72. The molecule has 21 heavy (non-hydrogen) atoms. The van der Waals surface area contributed by atoms with E-state index in [9.17, 15) is 13.2 Å². The molecular formula is C12H14BrF3N4O. The van der Waals surface area contributed by atoms with Crippen LogP contribution in [0.15, 0.2) is 18.5 Å². The SMILES string of the molecule is COCC(Br)CN(C)c1nccn2nc(C(F)(F)F)cc12. The first-order valence-corrected chi connectivity index (χ1v) is 7.00. The first kappa shape index (κ1) is 16.0. The van der Waals surface area contributed by atoms with Gasteiger partial charge in [-0.3, -0.25) is 0 Å². The monoisotopic (exact) mass is 366 g/mol. The summed E-state index contributed by atoms with van der Waals surface area (Å²) in [6.45, 7) is 1.02. The third-order valence-electron chi connectivity index (χ3n) is 2.84. The molecule has 0 aliphatic rings. The number of anilines is 1. The van der Waals surface area contributed by atoms with Crippen LogP contribution in [0.2, 0.25) is 0 Å². The zero-order valence-corrected chi connectivity index (χ0v) is 13.0. The van der Waals surface area contributed by atoms with Gasteiger partial charge in [0.05, 0.1) is 11.4 Å². The molecule has 116 valence electrons. The van der Waals surface area contributed by atoms with Gasteiger partial charge < -0.3 is 9.64 Å². The molecule has 1 atom stereocenters. The quantitative estimate of drug-likeness (QED) is 0.762. The van der Waals surface area contributed by atoms with Crippen LogP contribution >= 0.6 is 15.9 Å². The van der Waals surface area contributed by atoms with Crippen molar-refractivity contribution in [3.63, 3.8) is 0 Å². The van der Waals surface area contributed by atoms with Crippen LogP contribution in [0.1, 0.15) is 5.69 Å². The fraction of sp³-hybridized carbons (Fsp3) is 0.500. The predicted octanol–water partition coefficient (Wildman–Crippen LogP) is 2.59. The summed E-state index contributed by atoms with van der Waals surface area (Å²) >= 11 is 3.44. The number of ether oxygens (including phenoxy) is 1. The predicted molar refractivity (Wildman–Crippen MR) is 75.9 cm³/mol. The molecule has 0 fully saturated rings. The van der Waals surface area contributed by atoms with E-state index in [4.69, 9.17) is 4.74 Å². The van der Waals surface area contributed by atoms with E-state index >= 15 is 0 Å². The van der Waals surface area contributed by atoms with Crippen LogP contribution in [-0.4, -0.2) is 46.7 Å². The Bertz CT molecular complexity index is 616. The second-order valence-electron chi connectivity index (χ2n) is 4.54. The molecule has 9 heteroatoms. The van der Waals surface area contributed by atoms with Crippen molar-refractivity contribution in [2.75, 3.05) is 32.2 Å². The van der Waals surface area contributed by atoms with E-state index in [-0.39, 0.29) is 4.83 Å². The second-order valence-corrected chi connectivity index (χ2v) is 5.84.